The van der Waals surface area contributed by atoms with Crippen molar-refractivity contribution in [2.24, 2.45) is 5.92 Å². The molecule has 1 heterocycles. The van der Waals surface area contributed by atoms with Gasteiger partial charge in [0.1, 0.15) is 0 Å². The number of hydrogen-bond donors (Lipinski definition) is 1. The summed E-state index contributed by atoms with van der Waals surface area (Å²) in [7, 11) is 4.11. The molecule has 4 heteroatoms. The summed E-state index contributed by atoms with van der Waals surface area (Å²) >= 11 is 1.65. The highest BCUT2D eigenvalue weighted by Crippen LogP contribution is 2.32. The minimum atomic E-state index is 0.608. The van der Waals surface area contributed by atoms with Crippen molar-refractivity contribution in [1.82, 2.24) is 13.6 Å². The van der Waals surface area contributed by atoms with Gasteiger partial charge in [-0.25, -0.2) is 4.31 Å². The fourth-order valence-corrected chi connectivity index (χ4v) is 4.57. The third kappa shape index (κ3) is 4.56. The lowest BCUT2D eigenvalue weighted by atomic mass is 9.97. The van der Waals surface area contributed by atoms with Crippen LogP contribution in [0.3, 0.4) is 0 Å². The third-order valence-electron chi connectivity index (χ3n) is 5.37. The second-order valence-electron chi connectivity index (χ2n) is 8.51. The van der Waals surface area contributed by atoms with Gasteiger partial charge in [0.05, 0.1) is 0 Å². The van der Waals surface area contributed by atoms with Gasteiger partial charge in [-0.2, -0.15) is 0 Å². The maximum atomic E-state index is 3.44. The van der Waals surface area contributed by atoms with E-state index < -0.39 is 0 Å². The Balaban J connectivity index is 1.73. The van der Waals surface area contributed by atoms with Crippen molar-refractivity contribution < 1.29 is 0 Å². The highest BCUT2D eigenvalue weighted by molar-refractivity contribution is 7.95. The van der Waals surface area contributed by atoms with Gasteiger partial charge >= 0.3 is 0 Å². The van der Waals surface area contributed by atoms with E-state index in [0.29, 0.717) is 5.92 Å². The Bertz CT molecular complexity index is 1140. The molecule has 4 rings (SSSR count). The fraction of sp³-hybridized carbons (Fsp3) is 0.308. The molecular weight excluding hydrogens is 386 g/mol. The molecule has 0 saturated carbocycles. The molecule has 0 radical (unpaired) electrons. The van der Waals surface area contributed by atoms with Gasteiger partial charge in [0.2, 0.25) is 0 Å². The van der Waals surface area contributed by atoms with E-state index >= 15 is 0 Å². The number of benzene rings is 3. The summed E-state index contributed by atoms with van der Waals surface area (Å²) in [6, 6.07) is 22.2. The van der Waals surface area contributed by atoms with Gasteiger partial charge in [0.15, 0.2) is 0 Å². The molecular formula is C26H31N3S. The molecule has 1 N–H and O–H groups in total. The van der Waals surface area contributed by atoms with Gasteiger partial charge in [0, 0.05) is 42.3 Å². The van der Waals surface area contributed by atoms with Crippen LogP contribution in [0.5, 0.6) is 0 Å². The Morgan fingerprint density at radius 2 is 1.77 bits per heavy atom. The Morgan fingerprint density at radius 1 is 0.967 bits per heavy atom. The first-order chi connectivity index (χ1) is 14.5. The first kappa shape index (κ1) is 21.0. The van der Waals surface area contributed by atoms with Crippen LogP contribution in [0.4, 0.5) is 0 Å². The largest absolute Gasteiger partial charge is 0.347 e. The Hall–Kier alpha value is -2.27. The molecule has 0 bridgehead atoms. The Morgan fingerprint density at radius 3 is 2.57 bits per heavy atom. The van der Waals surface area contributed by atoms with Crippen molar-refractivity contribution in [2.75, 3.05) is 20.6 Å². The quantitative estimate of drug-likeness (QED) is 0.265. The minimum Gasteiger partial charge on any atom is -0.347 e. The van der Waals surface area contributed by atoms with Crippen LogP contribution in [-0.4, -0.2) is 29.5 Å². The van der Waals surface area contributed by atoms with E-state index in [-0.39, 0.29) is 0 Å². The normalized spacial score (nSPS) is 11.9. The molecule has 156 valence electrons. The van der Waals surface area contributed by atoms with Crippen LogP contribution in [0.15, 0.2) is 66.9 Å². The molecule has 0 fully saturated rings. The number of hydrogen-bond acceptors (Lipinski definition) is 3. The van der Waals surface area contributed by atoms with Crippen molar-refractivity contribution in [2.45, 2.75) is 26.8 Å². The molecule has 0 aliphatic carbocycles. The molecule has 3 nitrogen and oxygen atoms in total. The number of fused-ring (bicyclic) bond motifs is 2. The van der Waals surface area contributed by atoms with E-state index in [0.717, 1.165) is 19.5 Å². The molecule has 1 aromatic heterocycles. The van der Waals surface area contributed by atoms with Gasteiger partial charge in [-0.15, -0.1) is 0 Å². The van der Waals surface area contributed by atoms with E-state index in [1.165, 1.54) is 38.4 Å². The van der Waals surface area contributed by atoms with Gasteiger partial charge in [0.25, 0.3) is 0 Å². The maximum Gasteiger partial charge on any atom is 0.0489 e. The van der Waals surface area contributed by atoms with Crippen LogP contribution in [0.25, 0.3) is 32.8 Å². The van der Waals surface area contributed by atoms with Gasteiger partial charge in [-0.05, 0) is 60.0 Å². The third-order valence-corrected chi connectivity index (χ3v) is 6.07. The fourth-order valence-electron chi connectivity index (χ4n) is 4.12. The summed E-state index contributed by atoms with van der Waals surface area (Å²) in [6.45, 7) is 6.56. The molecule has 0 aliphatic rings. The van der Waals surface area contributed by atoms with Crippen LogP contribution in [0.2, 0.25) is 0 Å². The first-order valence-electron chi connectivity index (χ1n) is 10.7. The second-order valence-corrected chi connectivity index (χ2v) is 9.71. The first-order valence-corrected chi connectivity index (χ1v) is 11.5. The van der Waals surface area contributed by atoms with Crippen molar-refractivity contribution >= 4 is 33.8 Å². The lowest BCUT2D eigenvalue weighted by Crippen LogP contribution is -2.15. The highest BCUT2D eigenvalue weighted by atomic mass is 32.2. The van der Waals surface area contributed by atoms with Crippen LogP contribution >= 0.6 is 12.1 Å². The molecule has 0 saturated heterocycles. The minimum absolute atomic E-state index is 0.608. The van der Waals surface area contributed by atoms with Crippen LogP contribution in [0.1, 0.15) is 19.4 Å². The summed E-state index contributed by atoms with van der Waals surface area (Å²) in [5.41, 5.74) is 5.35. The molecule has 3 aromatic carbocycles. The van der Waals surface area contributed by atoms with Gasteiger partial charge < -0.3 is 4.57 Å². The Kier molecular flexibility index (Phi) is 6.47. The second kappa shape index (κ2) is 9.25. The SMILES string of the molecule is CC(C)Cn1cc(CCNSN(C)C)c2ccc(-c3cccc4ccccc34)cc21. The lowest BCUT2D eigenvalue weighted by molar-refractivity contribution is 0.534. The zero-order valence-corrected chi connectivity index (χ0v) is 19.2. The van der Waals surface area contributed by atoms with Crippen LogP contribution in [-0.2, 0) is 13.0 Å². The van der Waals surface area contributed by atoms with E-state index in [1.54, 1.807) is 12.1 Å². The predicted octanol–water partition coefficient (Wildman–Crippen LogP) is 6.37. The van der Waals surface area contributed by atoms with E-state index in [1.807, 2.05) is 0 Å². The zero-order valence-electron chi connectivity index (χ0n) is 18.4. The van der Waals surface area contributed by atoms with E-state index in [4.69, 9.17) is 0 Å². The highest BCUT2D eigenvalue weighted by Gasteiger charge is 2.12. The maximum absolute atomic E-state index is 3.44. The molecule has 0 amide bonds. The van der Waals surface area contributed by atoms with E-state index in [9.17, 15) is 0 Å². The standard InChI is InChI=1S/C26H31N3S/c1-19(2)17-29-18-22(14-15-27-30-28(3)4)25-13-12-21(16-26(25)29)24-11-7-9-20-8-5-6-10-23(20)24/h5-13,16,18-19,27H,14-15,17H2,1-4H3. The van der Waals surface area contributed by atoms with Gasteiger partial charge in [-0.1, -0.05) is 68.4 Å². The Labute approximate surface area is 184 Å². The molecule has 30 heavy (non-hydrogen) atoms. The topological polar surface area (TPSA) is 20.2 Å². The summed E-state index contributed by atoms with van der Waals surface area (Å²) in [6.07, 6.45) is 3.38. The molecule has 0 aliphatic heterocycles. The number of aromatic nitrogens is 1. The average molecular weight is 418 g/mol. The monoisotopic (exact) mass is 417 g/mol. The lowest BCUT2D eigenvalue weighted by Gasteiger charge is -2.11. The van der Waals surface area contributed by atoms with Crippen LogP contribution < -0.4 is 4.72 Å². The van der Waals surface area contributed by atoms with E-state index in [2.05, 4.69) is 108 Å². The number of nitrogens with one attached hydrogen (secondary N) is 1. The predicted molar refractivity (Wildman–Crippen MR) is 133 cm³/mol. The van der Waals surface area contributed by atoms with Crippen LogP contribution in [0, 0.1) is 5.92 Å². The summed E-state index contributed by atoms with van der Waals surface area (Å²) in [5, 5.41) is 3.97. The summed E-state index contributed by atoms with van der Waals surface area (Å²) < 4.78 is 7.97. The van der Waals surface area contributed by atoms with Crippen molar-refractivity contribution in [1.29, 1.82) is 0 Å². The average Bonchev–Trinajstić information content (AvgIpc) is 3.06. The van der Waals surface area contributed by atoms with Crippen molar-refractivity contribution in [3.8, 4) is 11.1 Å². The van der Waals surface area contributed by atoms with Gasteiger partial charge in [-0.3, -0.25) is 4.72 Å². The zero-order chi connectivity index (χ0) is 21.1. The van der Waals surface area contributed by atoms with Crippen molar-refractivity contribution in [3.63, 3.8) is 0 Å². The molecule has 0 atom stereocenters. The molecule has 4 aromatic rings. The number of rotatable bonds is 8. The molecule has 0 spiro atoms. The molecule has 0 unspecified atom stereocenters. The van der Waals surface area contributed by atoms with Crippen molar-refractivity contribution in [3.05, 3.63) is 72.4 Å². The number of nitrogens with zero attached hydrogens (tertiary/aromatic N) is 2. The smallest absolute Gasteiger partial charge is 0.0489 e. The summed E-state index contributed by atoms with van der Waals surface area (Å²) in [4.78, 5) is 0. The summed E-state index contributed by atoms with van der Waals surface area (Å²) in [5.74, 6) is 0.608.